The summed E-state index contributed by atoms with van der Waals surface area (Å²) in [6.45, 7) is 4.18. The number of amidine groups is 1. The molecule has 1 aromatic rings. The van der Waals surface area contributed by atoms with Gasteiger partial charge in [0, 0.05) is 20.3 Å². The van der Waals surface area contributed by atoms with Gasteiger partial charge in [-0.05, 0) is 31.4 Å². The van der Waals surface area contributed by atoms with Crippen molar-refractivity contribution in [1.29, 1.82) is 0 Å². The van der Waals surface area contributed by atoms with Crippen LogP contribution in [0.3, 0.4) is 0 Å². The minimum Gasteiger partial charge on any atom is -0.367 e. The number of nitrogens with one attached hydrogen (secondary N) is 1. The lowest BCUT2D eigenvalue weighted by molar-refractivity contribution is 0.627. The van der Waals surface area contributed by atoms with E-state index in [2.05, 4.69) is 52.6 Å². The van der Waals surface area contributed by atoms with Gasteiger partial charge in [0.25, 0.3) is 0 Å². The summed E-state index contributed by atoms with van der Waals surface area (Å²) < 4.78 is 0. The van der Waals surface area contributed by atoms with Gasteiger partial charge in [-0.1, -0.05) is 42.8 Å². The second-order valence-corrected chi connectivity index (χ2v) is 4.71. The van der Waals surface area contributed by atoms with E-state index in [-0.39, 0.29) is 6.04 Å². The number of rotatable bonds is 6. The molecule has 1 aromatic carbocycles. The largest absolute Gasteiger partial charge is 0.367 e. The molecule has 1 unspecified atom stereocenters. The van der Waals surface area contributed by atoms with Crippen molar-refractivity contribution in [3.05, 3.63) is 47.5 Å². The second kappa shape index (κ2) is 9.08. The number of hydrogen-bond donors (Lipinski definition) is 1. The summed E-state index contributed by atoms with van der Waals surface area (Å²) in [5.41, 5.74) is 2.66. The zero-order valence-corrected chi connectivity index (χ0v) is 12.9. The topological polar surface area (TPSA) is 36.8 Å². The van der Waals surface area contributed by atoms with Crippen LogP contribution in [0, 0.1) is 0 Å². The molecule has 108 valence electrons. The molecule has 0 fully saturated rings. The minimum atomic E-state index is 0.247. The van der Waals surface area contributed by atoms with E-state index >= 15 is 0 Å². The van der Waals surface area contributed by atoms with Gasteiger partial charge in [0.05, 0.1) is 11.9 Å². The predicted octanol–water partition coefficient (Wildman–Crippen LogP) is 3.79. The molecule has 0 aromatic heterocycles. The van der Waals surface area contributed by atoms with E-state index < -0.39 is 0 Å². The quantitative estimate of drug-likeness (QED) is 0.620. The Morgan fingerprint density at radius 3 is 2.50 bits per heavy atom. The van der Waals surface area contributed by atoms with E-state index in [4.69, 9.17) is 0 Å². The fraction of sp³-hybridized carbons (Fsp3) is 0.412. The Balaban J connectivity index is 2.93. The first-order valence-corrected chi connectivity index (χ1v) is 7.06. The molecule has 0 aliphatic rings. The molecule has 0 heterocycles. The molecule has 0 saturated heterocycles. The summed E-state index contributed by atoms with van der Waals surface area (Å²) >= 11 is 0. The molecule has 0 bridgehead atoms. The normalized spacial score (nSPS) is 14.6. The Morgan fingerprint density at radius 1 is 1.25 bits per heavy atom. The maximum atomic E-state index is 4.21. The van der Waals surface area contributed by atoms with Crippen molar-refractivity contribution < 1.29 is 0 Å². The van der Waals surface area contributed by atoms with E-state index in [9.17, 15) is 0 Å². The molecule has 1 atom stereocenters. The fourth-order valence-corrected chi connectivity index (χ4v) is 2.03. The lowest BCUT2D eigenvalue weighted by atomic mass is 9.97. The molecule has 0 aliphatic heterocycles. The third kappa shape index (κ3) is 5.39. The maximum Gasteiger partial charge on any atom is 0.0933 e. The minimum absolute atomic E-state index is 0.247. The van der Waals surface area contributed by atoms with Crippen LogP contribution in [-0.4, -0.2) is 26.1 Å². The monoisotopic (exact) mass is 271 g/mol. The van der Waals surface area contributed by atoms with Gasteiger partial charge in [-0.25, -0.2) is 0 Å². The molecule has 20 heavy (non-hydrogen) atoms. The Hall–Kier alpha value is -1.90. The van der Waals surface area contributed by atoms with Gasteiger partial charge in [-0.2, -0.15) is 0 Å². The third-order valence-electron chi connectivity index (χ3n) is 3.30. The highest BCUT2D eigenvalue weighted by atomic mass is 15.0. The van der Waals surface area contributed by atoms with E-state index in [0.29, 0.717) is 0 Å². The van der Waals surface area contributed by atoms with E-state index in [1.54, 1.807) is 7.05 Å². The lowest BCUT2D eigenvalue weighted by Gasteiger charge is -2.21. The van der Waals surface area contributed by atoms with Crippen LogP contribution in [0.2, 0.25) is 0 Å². The molecule has 0 aliphatic carbocycles. The lowest BCUT2D eigenvalue weighted by Crippen LogP contribution is -2.26. The average molecular weight is 271 g/mol. The summed E-state index contributed by atoms with van der Waals surface area (Å²) in [5.74, 6) is 0.957. The zero-order valence-electron chi connectivity index (χ0n) is 12.9. The molecule has 3 heteroatoms. The maximum absolute atomic E-state index is 4.21. The molecule has 0 radical (unpaired) electrons. The highest BCUT2D eigenvalue weighted by Gasteiger charge is 2.12. The fourth-order valence-electron chi connectivity index (χ4n) is 2.03. The van der Waals surface area contributed by atoms with Gasteiger partial charge in [0.2, 0.25) is 0 Å². The van der Waals surface area contributed by atoms with Crippen molar-refractivity contribution in [1.82, 2.24) is 5.32 Å². The first-order chi connectivity index (χ1) is 9.71. The Kier molecular flexibility index (Phi) is 7.33. The standard InChI is InChI=1S/C17H25N3/c1-5-15(11-12-18-3)13-17(20-14(2)19-4)16-9-7-6-8-10-16/h6-12,17H,5,13H2,1-4H3,(H,19,20)/b15-11+,18-12?. The summed E-state index contributed by atoms with van der Waals surface area (Å²) in [5, 5.41) is 3.49. The smallest absolute Gasteiger partial charge is 0.0933 e. The number of allylic oxidation sites excluding steroid dienone is 1. The summed E-state index contributed by atoms with van der Waals surface area (Å²) in [6.07, 6.45) is 5.95. The van der Waals surface area contributed by atoms with Crippen LogP contribution in [0.5, 0.6) is 0 Å². The van der Waals surface area contributed by atoms with Crippen molar-refractivity contribution in [3.63, 3.8) is 0 Å². The Labute approximate surface area is 122 Å². The molecule has 0 saturated carbocycles. The molecular weight excluding hydrogens is 246 g/mol. The summed E-state index contributed by atoms with van der Waals surface area (Å²) in [7, 11) is 3.61. The highest BCUT2D eigenvalue weighted by molar-refractivity contribution is 5.79. The van der Waals surface area contributed by atoms with Gasteiger partial charge in [0.1, 0.15) is 0 Å². The second-order valence-electron chi connectivity index (χ2n) is 4.71. The third-order valence-corrected chi connectivity index (χ3v) is 3.30. The van der Waals surface area contributed by atoms with Crippen LogP contribution in [-0.2, 0) is 0 Å². The van der Waals surface area contributed by atoms with Crippen LogP contribution < -0.4 is 5.32 Å². The first-order valence-electron chi connectivity index (χ1n) is 7.06. The number of aliphatic imine (C=N–C) groups is 2. The van der Waals surface area contributed by atoms with Crippen LogP contribution in [0.4, 0.5) is 0 Å². The van der Waals surface area contributed by atoms with Crippen molar-refractivity contribution >= 4 is 12.1 Å². The van der Waals surface area contributed by atoms with Gasteiger partial charge in [-0.3, -0.25) is 9.98 Å². The predicted molar refractivity (Wildman–Crippen MR) is 88.8 cm³/mol. The summed E-state index contributed by atoms with van der Waals surface area (Å²) in [6, 6.07) is 10.7. The molecule has 1 N–H and O–H groups in total. The van der Waals surface area contributed by atoms with Crippen molar-refractivity contribution in [2.45, 2.75) is 32.7 Å². The summed E-state index contributed by atoms with van der Waals surface area (Å²) in [4.78, 5) is 8.24. The van der Waals surface area contributed by atoms with Crippen LogP contribution in [0.25, 0.3) is 0 Å². The van der Waals surface area contributed by atoms with Gasteiger partial charge in [0.15, 0.2) is 0 Å². The van der Waals surface area contributed by atoms with Crippen molar-refractivity contribution in [3.8, 4) is 0 Å². The van der Waals surface area contributed by atoms with Crippen LogP contribution >= 0.6 is 0 Å². The van der Waals surface area contributed by atoms with E-state index in [1.165, 1.54) is 11.1 Å². The number of hydrogen-bond acceptors (Lipinski definition) is 2. The SMILES string of the molecule is CC/C(=C\C=NC)CC(NC(C)=NC)c1ccccc1. The molecule has 0 amide bonds. The first kappa shape index (κ1) is 16.2. The zero-order chi connectivity index (χ0) is 14.8. The molecular formula is C17H25N3. The molecule has 3 nitrogen and oxygen atoms in total. The van der Waals surface area contributed by atoms with Gasteiger partial charge < -0.3 is 5.32 Å². The molecule has 0 spiro atoms. The van der Waals surface area contributed by atoms with Crippen molar-refractivity contribution in [2.24, 2.45) is 9.98 Å². The van der Waals surface area contributed by atoms with Gasteiger partial charge in [-0.15, -0.1) is 0 Å². The molecule has 1 rings (SSSR count). The van der Waals surface area contributed by atoms with Crippen molar-refractivity contribution in [2.75, 3.05) is 14.1 Å². The number of nitrogens with zero attached hydrogens (tertiary/aromatic N) is 2. The highest BCUT2D eigenvalue weighted by Crippen LogP contribution is 2.22. The van der Waals surface area contributed by atoms with Crippen LogP contribution in [0.1, 0.15) is 38.3 Å². The van der Waals surface area contributed by atoms with E-state index in [1.807, 2.05) is 26.3 Å². The Morgan fingerprint density at radius 2 is 1.95 bits per heavy atom. The van der Waals surface area contributed by atoms with Gasteiger partial charge >= 0.3 is 0 Å². The average Bonchev–Trinajstić information content (AvgIpc) is 2.50. The van der Waals surface area contributed by atoms with E-state index in [0.717, 1.165) is 18.7 Å². The number of benzene rings is 1. The van der Waals surface area contributed by atoms with Crippen LogP contribution in [0.15, 0.2) is 52.0 Å². The Bertz CT molecular complexity index is 472.